The second-order valence-corrected chi connectivity index (χ2v) is 10.3. The van der Waals surface area contributed by atoms with E-state index in [2.05, 4.69) is 0 Å². The van der Waals surface area contributed by atoms with Crippen LogP contribution in [0, 0.1) is 6.92 Å². The first kappa shape index (κ1) is 23.9. The quantitative estimate of drug-likeness (QED) is 0.349. The number of fused-ring (bicyclic) bond motifs is 1. The lowest BCUT2D eigenvalue weighted by atomic mass is 10.1. The first-order chi connectivity index (χ1) is 16.4. The van der Waals surface area contributed by atoms with Crippen LogP contribution in [0.4, 0.5) is 0 Å². The molecule has 7 heteroatoms. The summed E-state index contributed by atoms with van der Waals surface area (Å²) in [4.78, 5) is 18.8. The van der Waals surface area contributed by atoms with Gasteiger partial charge in [0, 0.05) is 6.54 Å². The smallest absolute Gasteiger partial charge is 0.266 e. The minimum Gasteiger partial charge on any atom is -0.268 e. The molecule has 0 aliphatic heterocycles. The summed E-state index contributed by atoms with van der Waals surface area (Å²) < 4.78 is 30.5. The Morgan fingerprint density at radius 1 is 0.941 bits per heavy atom. The average molecular weight is 476 g/mol. The van der Waals surface area contributed by atoms with Gasteiger partial charge in [0.15, 0.2) is 0 Å². The lowest BCUT2D eigenvalue weighted by Gasteiger charge is -2.30. The Bertz CT molecular complexity index is 1460. The topological polar surface area (TPSA) is 72.3 Å². The lowest BCUT2D eigenvalue weighted by molar-refractivity contribution is 0.322. The molecule has 0 saturated carbocycles. The molecule has 1 atom stereocenters. The van der Waals surface area contributed by atoms with Crippen molar-refractivity contribution in [3.63, 3.8) is 0 Å². The molecule has 0 fully saturated rings. The molecule has 0 spiro atoms. The van der Waals surface area contributed by atoms with E-state index in [9.17, 15) is 13.2 Å². The number of sulfonamides is 1. The third-order valence-corrected chi connectivity index (χ3v) is 8.03. The van der Waals surface area contributed by atoms with E-state index in [1.807, 2.05) is 57.2 Å². The second-order valence-electron chi connectivity index (χ2n) is 8.37. The van der Waals surface area contributed by atoms with Crippen molar-refractivity contribution in [1.82, 2.24) is 13.9 Å². The van der Waals surface area contributed by atoms with Crippen LogP contribution >= 0.6 is 0 Å². The molecule has 0 saturated heterocycles. The van der Waals surface area contributed by atoms with Gasteiger partial charge in [0.05, 0.1) is 27.5 Å². The fraction of sp³-hybridized carbons (Fsp3) is 0.259. The van der Waals surface area contributed by atoms with E-state index in [-0.39, 0.29) is 10.5 Å². The number of unbranched alkanes of at least 4 members (excludes halogenated alkanes) is 1. The van der Waals surface area contributed by atoms with Gasteiger partial charge in [-0.05, 0) is 56.2 Å². The van der Waals surface area contributed by atoms with Crippen LogP contribution in [0.5, 0.6) is 0 Å². The first-order valence-electron chi connectivity index (χ1n) is 11.5. The molecular weight excluding hydrogens is 446 g/mol. The largest absolute Gasteiger partial charge is 0.268 e. The van der Waals surface area contributed by atoms with Crippen LogP contribution in [0.1, 0.15) is 44.1 Å². The fourth-order valence-corrected chi connectivity index (χ4v) is 5.82. The van der Waals surface area contributed by atoms with Crippen LogP contribution in [0.25, 0.3) is 16.6 Å². The highest BCUT2D eigenvalue weighted by Gasteiger charge is 2.32. The van der Waals surface area contributed by atoms with Crippen LogP contribution in [0.2, 0.25) is 0 Å². The van der Waals surface area contributed by atoms with Crippen molar-refractivity contribution < 1.29 is 8.42 Å². The zero-order chi connectivity index (χ0) is 24.3. The Labute approximate surface area is 200 Å². The standard InChI is InChI=1S/C27H29N3O3S/c1-4-5-19-29(34(32,33)22-14-7-6-8-15-22)21(3)26-28-24-17-11-10-16-23(24)27(31)30(26)25-18-12-9-13-20(25)2/h6-18,21H,4-5,19H2,1-3H3. The van der Waals surface area contributed by atoms with Crippen molar-refractivity contribution in [3.05, 3.63) is 101 Å². The molecule has 34 heavy (non-hydrogen) atoms. The van der Waals surface area contributed by atoms with Crippen LogP contribution in [-0.4, -0.2) is 28.8 Å². The summed E-state index contributed by atoms with van der Waals surface area (Å²) in [6.45, 7) is 6.09. The molecule has 176 valence electrons. The number of hydrogen-bond donors (Lipinski definition) is 0. The maximum atomic E-state index is 13.7. The summed E-state index contributed by atoms with van der Waals surface area (Å²) in [6, 6.07) is 22.5. The molecule has 0 amide bonds. The van der Waals surface area contributed by atoms with Crippen LogP contribution in [0.3, 0.4) is 0 Å². The van der Waals surface area contributed by atoms with E-state index in [4.69, 9.17) is 4.98 Å². The number of para-hydroxylation sites is 2. The summed E-state index contributed by atoms with van der Waals surface area (Å²) in [5.74, 6) is 0.397. The molecule has 0 aliphatic rings. The fourth-order valence-electron chi connectivity index (χ4n) is 4.17. The Kier molecular flexibility index (Phi) is 6.95. The number of nitrogens with zero attached hydrogens (tertiary/aromatic N) is 3. The van der Waals surface area contributed by atoms with Gasteiger partial charge in [-0.2, -0.15) is 4.31 Å². The zero-order valence-corrected chi connectivity index (χ0v) is 20.5. The van der Waals surface area contributed by atoms with E-state index >= 15 is 0 Å². The Hall–Kier alpha value is -3.29. The molecule has 0 bridgehead atoms. The minimum absolute atomic E-state index is 0.214. The predicted octanol–water partition coefficient (Wildman–Crippen LogP) is 5.25. The summed E-state index contributed by atoms with van der Waals surface area (Å²) in [6.07, 6.45) is 1.53. The lowest BCUT2D eigenvalue weighted by Crippen LogP contribution is -2.38. The van der Waals surface area contributed by atoms with Crippen molar-refractivity contribution in [1.29, 1.82) is 0 Å². The first-order valence-corrected chi connectivity index (χ1v) is 12.9. The molecule has 3 aromatic carbocycles. The van der Waals surface area contributed by atoms with Crippen LogP contribution < -0.4 is 5.56 Å². The predicted molar refractivity (Wildman–Crippen MR) is 136 cm³/mol. The number of aromatic nitrogens is 2. The molecule has 4 aromatic rings. The number of aryl methyl sites for hydroxylation is 1. The van der Waals surface area contributed by atoms with E-state index in [1.165, 1.54) is 4.31 Å². The van der Waals surface area contributed by atoms with Gasteiger partial charge >= 0.3 is 0 Å². The number of rotatable bonds is 8. The van der Waals surface area contributed by atoms with Crippen LogP contribution in [-0.2, 0) is 10.0 Å². The molecular formula is C27H29N3O3S. The highest BCUT2D eigenvalue weighted by atomic mass is 32.2. The highest BCUT2D eigenvalue weighted by molar-refractivity contribution is 7.89. The van der Waals surface area contributed by atoms with Crippen molar-refractivity contribution >= 4 is 20.9 Å². The van der Waals surface area contributed by atoms with E-state index in [0.717, 1.165) is 12.0 Å². The average Bonchev–Trinajstić information content (AvgIpc) is 2.85. The Balaban J connectivity index is 1.97. The van der Waals surface area contributed by atoms with Crippen molar-refractivity contribution in [3.8, 4) is 5.69 Å². The summed E-state index contributed by atoms with van der Waals surface area (Å²) >= 11 is 0. The van der Waals surface area contributed by atoms with E-state index in [0.29, 0.717) is 35.4 Å². The van der Waals surface area contributed by atoms with Crippen molar-refractivity contribution in [2.24, 2.45) is 0 Å². The molecule has 4 rings (SSSR count). The Morgan fingerprint density at radius 3 is 2.29 bits per heavy atom. The van der Waals surface area contributed by atoms with Gasteiger partial charge in [-0.3, -0.25) is 9.36 Å². The monoisotopic (exact) mass is 475 g/mol. The van der Waals surface area contributed by atoms with Gasteiger partial charge in [-0.15, -0.1) is 0 Å². The normalized spacial score (nSPS) is 12.8. The molecule has 0 aliphatic carbocycles. The van der Waals surface area contributed by atoms with Crippen molar-refractivity contribution in [2.75, 3.05) is 6.54 Å². The number of hydrogen-bond acceptors (Lipinski definition) is 4. The summed E-state index contributed by atoms with van der Waals surface area (Å²) in [7, 11) is -3.82. The maximum absolute atomic E-state index is 13.7. The maximum Gasteiger partial charge on any atom is 0.266 e. The number of benzene rings is 3. The third-order valence-electron chi connectivity index (χ3n) is 6.05. The Morgan fingerprint density at radius 2 is 1.59 bits per heavy atom. The van der Waals surface area contributed by atoms with Gasteiger partial charge < -0.3 is 0 Å². The van der Waals surface area contributed by atoms with Gasteiger partial charge in [0.1, 0.15) is 5.82 Å². The molecule has 0 N–H and O–H groups in total. The molecule has 1 unspecified atom stereocenters. The van der Waals surface area contributed by atoms with Gasteiger partial charge in [0.2, 0.25) is 10.0 Å². The summed E-state index contributed by atoms with van der Waals surface area (Å²) in [5, 5.41) is 0.493. The highest BCUT2D eigenvalue weighted by Crippen LogP contribution is 2.29. The van der Waals surface area contributed by atoms with Gasteiger partial charge in [0.25, 0.3) is 5.56 Å². The molecule has 0 radical (unpaired) electrons. The zero-order valence-electron chi connectivity index (χ0n) is 19.7. The molecule has 1 aromatic heterocycles. The second kappa shape index (κ2) is 9.91. The molecule has 6 nitrogen and oxygen atoms in total. The van der Waals surface area contributed by atoms with Gasteiger partial charge in [-0.1, -0.05) is 61.9 Å². The SMILES string of the molecule is CCCCN(C(C)c1nc2ccccc2c(=O)n1-c1ccccc1C)S(=O)(=O)c1ccccc1. The van der Waals surface area contributed by atoms with Crippen LogP contribution in [0.15, 0.2) is 88.6 Å². The minimum atomic E-state index is -3.82. The van der Waals surface area contributed by atoms with Gasteiger partial charge in [-0.25, -0.2) is 13.4 Å². The van der Waals surface area contributed by atoms with Crippen molar-refractivity contribution in [2.45, 2.75) is 44.6 Å². The third kappa shape index (κ3) is 4.41. The molecule has 1 heterocycles. The van der Waals surface area contributed by atoms with E-state index < -0.39 is 16.1 Å². The summed E-state index contributed by atoms with van der Waals surface area (Å²) in [5.41, 5.74) is 1.93. The van der Waals surface area contributed by atoms with E-state index in [1.54, 1.807) is 47.0 Å².